The van der Waals surface area contributed by atoms with E-state index >= 15 is 0 Å². The predicted octanol–water partition coefficient (Wildman–Crippen LogP) is 2.88. The zero-order valence-corrected chi connectivity index (χ0v) is 13.4. The standard InChI is InChI=1S/C15H23NO2.ClH/c1-14(2,12-10-8-7-9-11-12)15(3,16(4)5)13(17)18-6;/h7-11H,1-6H3;1H/t15-;/m1./s1. The van der Waals surface area contributed by atoms with E-state index in [4.69, 9.17) is 4.74 Å². The maximum absolute atomic E-state index is 12.2. The van der Waals surface area contributed by atoms with Gasteiger partial charge in [-0.1, -0.05) is 44.2 Å². The van der Waals surface area contributed by atoms with Crippen LogP contribution in [0.5, 0.6) is 0 Å². The van der Waals surface area contributed by atoms with Crippen LogP contribution < -0.4 is 0 Å². The zero-order valence-electron chi connectivity index (χ0n) is 12.6. The summed E-state index contributed by atoms with van der Waals surface area (Å²) in [6.07, 6.45) is 0. The predicted molar refractivity (Wildman–Crippen MR) is 80.8 cm³/mol. The average Bonchev–Trinajstić information content (AvgIpc) is 2.37. The Labute approximate surface area is 122 Å². The topological polar surface area (TPSA) is 29.5 Å². The van der Waals surface area contributed by atoms with E-state index in [0.717, 1.165) is 5.56 Å². The molecule has 1 aromatic rings. The highest BCUT2D eigenvalue weighted by molar-refractivity contribution is 5.85. The fourth-order valence-corrected chi connectivity index (χ4v) is 2.33. The van der Waals surface area contributed by atoms with Crippen LogP contribution in [0.15, 0.2) is 30.3 Å². The van der Waals surface area contributed by atoms with Crippen molar-refractivity contribution in [1.29, 1.82) is 0 Å². The second-order valence-electron chi connectivity index (χ2n) is 5.45. The van der Waals surface area contributed by atoms with Crippen LogP contribution in [0.1, 0.15) is 26.3 Å². The summed E-state index contributed by atoms with van der Waals surface area (Å²) in [5.41, 5.74) is 0.0418. The lowest BCUT2D eigenvalue weighted by Crippen LogP contribution is -2.61. The van der Waals surface area contributed by atoms with Crippen molar-refractivity contribution in [3.63, 3.8) is 0 Å². The summed E-state index contributed by atoms with van der Waals surface area (Å²) in [6, 6.07) is 10.1. The minimum atomic E-state index is -0.719. The number of rotatable bonds is 4. The summed E-state index contributed by atoms with van der Waals surface area (Å²) in [4.78, 5) is 14.2. The average molecular weight is 286 g/mol. The van der Waals surface area contributed by atoms with Crippen molar-refractivity contribution >= 4 is 18.4 Å². The second-order valence-corrected chi connectivity index (χ2v) is 5.45. The summed E-state index contributed by atoms with van der Waals surface area (Å²) >= 11 is 0. The van der Waals surface area contributed by atoms with Gasteiger partial charge in [0.2, 0.25) is 0 Å². The molecule has 0 aliphatic rings. The number of esters is 1. The van der Waals surface area contributed by atoms with E-state index in [1.807, 2.05) is 56.3 Å². The van der Waals surface area contributed by atoms with Gasteiger partial charge < -0.3 is 4.74 Å². The molecule has 0 unspecified atom stereocenters. The van der Waals surface area contributed by atoms with Crippen molar-refractivity contribution in [2.45, 2.75) is 31.7 Å². The Morgan fingerprint density at radius 3 is 1.95 bits per heavy atom. The van der Waals surface area contributed by atoms with Gasteiger partial charge in [-0.05, 0) is 26.6 Å². The highest BCUT2D eigenvalue weighted by Crippen LogP contribution is 2.38. The first-order valence-corrected chi connectivity index (χ1v) is 6.10. The van der Waals surface area contributed by atoms with E-state index < -0.39 is 5.54 Å². The third kappa shape index (κ3) is 2.93. The van der Waals surface area contributed by atoms with Gasteiger partial charge in [0.05, 0.1) is 7.11 Å². The van der Waals surface area contributed by atoms with Gasteiger partial charge in [-0.2, -0.15) is 0 Å². The molecular weight excluding hydrogens is 262 g/mol. The highest BCUT2D eigenvalue weighted by Gasteiger charge is 2.50. The molecule has 0 saturated heterocycles. The normalized spacial score (nSPS) is 14.5. The van der Waals surface area contributed by atoms with Crippen LogP contribution in [0.4, 0.5) is 0 Å². The summed E-state index contributed by atoms with van der Waals surface area (Å²) in [6.45, 7) is 6.06. The molecule has 4 heteroatoms. The molecule has 0 bridgehead atoms. The third-order valence-electron chi connectivity index (χ3n) is 4.19. The largest absolute Gasteiger partial charge is 0.468 e. The molecule has 0 fully saturated rings. The Balaban J connectivity index is 0.00000324. The number of carbonyl (C=O) groups excluding carboxylic acids is 1. The Morgan fingerprint density at radius 2 is 1.58 bits per heavy atom. The van der Waals surface area contributed by atoms with Gasteiger partial charge in [-0.15, -0.1) is 12.4 Å². The lowest BCUT2D eigenvalue weighted by atomic mass is 9.68. The molecule has 0 N–H and O–H groups in total. The lowest BCUT2D eigenvalue weighted by molar-refractivity contribution is -0.157. The first-order chi connectivity index (χ1) is 8.28. The molecule has 0 saturated carbocycles. The van der Waals surface area contributed by atoms with Crippen LogP contribution >= 0.6 is 12.4 Å². The van der Waals surface area contributed by atoms with Crippen LogP contribution in [0, 0.1) is 0 Å². The fourth-order valence-electron chi connectivity index (χ4n) is 2.33. The molecule has 0 spiro atoms. The van der Waals surface area contributed by atoms with Gasteiger partial charge in [-0.3, -0.25) is 9.69 Å². The van der Waals surface area contributed by atoms with E-state index in [-0.39, 0.29) is 23.8 Å². The Hall–Kier alpha value is -1.06. The number of methoxy groups -OCH3 is 1. The smallest absolute Gasteiger partial charge is 0.326 e. The van der Waals surface area contributed by atoms with Gasteiger partial charge in [0.25, 0.3) is 0 Å². The summed E-state index contributed by atoms with van der Waals surface area (Å²) in [5, 5.41) is 0. The lowest BCUT2D eigenvalue weighted by Gasteiger charge is -2.46. The first kappa shape index (κ1) is 17.9. The van der Waals surface area contributed by atoms with Gasteiger partial charge in [0, 0.05) is 5.41 Å². The van der Waals surface area contributed by atoms with Crippen LogP contribution in [0.3, 0.4) is 0 Å². The molecule has 1 rings (SSSR count). The van der Waals surface area contributed by atoms with Crippen molar-refractivity contribution in [2.75, 3.05) is 21.2 Å². The molecular formula is C15H24ClNO2. The molecule has 0 radical (unpaired) electrons. The summed E-state index contributed by atoms with van der Waals surface area (Å²) in [7, 11) is 5.24. The third-order valence-corrected chi connectivity index (χ3v) is 4.19. The molecule has 19 heavy (non-hydrogen) atoms. The number of halogens is 1. The van der Waals surface area contributed by atoms with Gasteiger partial charge in [0.1, 0.15) is 5.54 Å². The minimum Gasteiger partial charge on any atom is -0.468 e. The van der Waals surface area contributed by atoms with Gasteiger partial charge in [0.15, 0.2) is 0 Å². The van der Waals surface area contributed by atoms with Crippen molar-refractivity contribution < 1.29 is 9.53 Å². The van der Waals surface area contributed by atoms with E-state index in [1.54, 1.807) is 0 Å². The molecule has 0 aliphatic carbocycles. The molecule has 1 aromatic carbocycles. The van der Waals surface area contributed by atoms with Crippen molar-refractivity contribution in [1.82, 2.24) is 4.90 Å². The van der Waals surface area contributed by atoms with E-state index in [0.29, 0.717) is 0 Å². The van der Waals surface area contributed by atoms with E-state index in [2.05, 4.69) is 13.8 Å². The Bertz CT molecular complexity index is 417. The van der Waals surface area contributed by atoms with E-state index in [9.17, 15) is 4.79 Å². The van der Waals surface area contributed by atoms with Crippen molar-refractivity contribution in [2.24, 2.45) is 0 Å². The summed E-state index contributed by atoms with van der Waals surface area (Å²) in [5.74, 6) is -0.221. The Kier molecular flexibility index (Phi) is 6.04. The van der Waals surface area contributed by atoms with E-state index in [1.165, 1.54) is 7.11 Å². The van der Waals surface area contributed by atoms with Crippen LogP contribution in [-0.2, 0) is 14.9 Å². The highest BCUT2D eigenvalue weighted by atomic mass is 35.5. The maximum atomic E-state index is 12.2. The second kappa shape index (κ2) is 6.40. The van der Waals surface area contributed by atoms with Crippen LogP contribution in [-0.4, -0.2) is 37.6 Å². The molecule has 0 aliphatic heterocycles. The monoisotopic (exact) mass is 285 g/mol. The first-order valence-electron chi connectivity index (χ1n) is 6.10. The number of ether oxygens (including phenoxy) is 1. The van der Waals surface area contributed by atoms with Crippen LogP contribution in [0.25, 0.3) is 0 Å². The molecule has 0 amide bonds. The number of hydrogen-bond acceptors (Lipinski definition) is 3. The molecule has 3 nitrogen and oxygen atoms in total. The maximum Gasteiger partial charge on any atom is 0.326 e. The molecule has 0 aromatic heterocycles. The SMILES string of the molecule is COC(=O)[C@@](C)(N(C)C)C(C)(C)c1ccccc1.Cl. The quantitative estimate of drug-likeness (QED) is 0.797. The Morgan fingerprint density at radius 1 is 1.11 bits per heavy atom. The molecule has 1 atom stereocenters. The molecule has 108 valence electrons. The number of carbonyl (C=O) groups is 1. The van der Waals surface area contributed by atoms with Crippen molar-refractivity contribution in [3.05, 3.63) is 35.9 Å². The van der Waals surface area contributed by atoms with Gasteiger partial charge >= 0.3 is 5.97 Å². The number of likely N-dealkylation sites (N-methyl/N-ethyl adjacent to an activating group) is 1. The zero-order chi connectivity index (χ0) is 14.0. The number of hydrogen-bond donors (Lipinski definition) is 0. The number of nitrogens with zero attached hydrogens (tertiary/aromatic N) is 1. The summed E-state index contributed by atoms with van der Waals surface area (Å²) < 4.78 is 5.00. The minimum absolute atomic E-state index is 0. The van der Waals surface area contributed by atoms with Crippen molar-refractivity contribution in [3.8, 4) is 0 Å². The molecule has 0 heterocycles. The number of benzene rings is 1. The van der Waals surface area contributed by atoms with Gasteiger partial charge in [-0.25, -0.2) is 0 Å². The van der Waals surface area contributed by atoms with Crippen LogP contribution in [0.2, 0.25) is 0 Å². The fraction of sp³-hybridized carbons (Fsp3) is 0.533.